The third kappa shape index (κ3) is 4.33. The molecular weight excluding hydrogens is 351 g/mol. The lowest BCUT2D eigenvalue weighted by Gasteiger charge is -2.24. The third-order valence-corrected chi connectivity index (χ3v) is 2.64. The number of carboxylic acid groups (broad SMARTS) is 1. The number of aliphatic carboxylic acids is 1. The maximum atomic E-state index is 12.5. The number of carboxylic acids is 1. The molecule has 0 atom stereocenters. The van der Waals surface area contributed by atoms with E-state index in [4.69, 9.17) is 5.11 Å². The normalized spacial score (nSPS) is 11.2. The van der Waals surface area contributed by atoms with E-state index < -0.39 is 41.5 Å². The van der Waals surface area contributed by atoms with Gasteiger partial charge in [-0.25, -0.2) is 0 Å². The van der Waals surface area contributed by atoms with Crippen LogP contribution in [0.3, 0.4) is 0 Å². The van der Waals surface area contributed by atoms with Crippen molar-refractivity contribution in [3.8, 4) is 0 Å². The van der Waals surface area contributed by atoms with Gasteiger partial charge in [0.2, 0.25) is 0 Å². The van der Waals surface area contributed by atoms with Crippen LogP contribution in [-0.2, 0) is 4.79 Å². The Morgan fingerprint density at radius 2 is 2.10 bits per heavy atom. The Kier molecular flexibility index (Phi) is 4.87. The minimum Gasteiger partial charge on any atom is -0.480 e. The van der Waals surface area contributed by atoms with Crippen molar-refractivity contribution in [2.45, 2.75) is 6.18 Å². The Labute approximate surface area is 118 Å². The van der Waals surface area contributed by atoms with E-state index in [0.29, 0.717) is 4.90 Å². The summed E-state index contributed by atoms with van der Waals surface area (Å²) in [7, 11) is 0. The highest BCUT2D eigenvalue weighted by Gasteiger charge is 2.35. The zero-order valence-electron chi connectivity index (χ0n) is 9.59. The molecule has 0 aromatic carbocycles. The van der Waals surface area contributed by atoms with Gasteiger partial charge in [-0.1, -0.05) is 0 Å². The first-order valence-electron chi connectivity index (χ1n) is 4.93. The van der Waals surface area contributed by atoms with Crippen molar-refractivity contribution in [2.24, 2.45) is 0 Å². The second-order valence-corrected chi connectivity index (χ2v) is 4.47. The molecule has 7 nitrogen and oxygen atoms in total. The molecular formula is C9H7BrF3N3O4. The number of nitro groups is 1. The van der Waals surface area contributed by atoms with Crippen LogP contribution < -0.4 is 4.90 Å². The average Bonchev–Trinajstić information content (AvgIpc) is 2.24. The number of halogens is 4. The van der Waals surface area contributed by atoms with E-state index in [1.807, 2.05) is 0 Å². The van der Waals surface area contributed by atoms with Gasteiger partial charge in [0, 0.05) is 6.20 Å². The van der Waals surface area contributed by atoms with Crippen molar-refractivity contribution in [1.29, 1.82) is 0 Å². The fourth-order valence-electron chi connectivity index (χ4n) is 1.46. The van der Waals surface area contributed by atoms with Gasteiger partial charge in [0.1, 0.15) is 25.0 Å². The molecule has 0 unspecified atom stereocenters. The fraction of sp³-hybridized carbons (Fsp3) is 0.333. The van der Waals surface area contributed by atoms with Crippen LogP contribution in [0, 0.1) is 10.1 Å². The van der Waals surface area contributed by atoms with Crippen LogP contribution in [-0.4, -0.2) is 40.2 Å². The summed E-state index contributed by atoms with van der Waals surface area (Å²) in [5, 5.41) is 19.5. The van der Waals surface area contributed by atoms with Gasteiger partial charge in [0.15, 0.2) is 0 Å². The van der Waals surface area contributed by atoms with Crippen molar-refractivity contribution < 1.29 is 28.0 Å². The smallest absolute Gasteiger partial charge is 0.405 e. The topological polar surface area (TPSA) is 96.6 Å². The van der Waals surface area contributed by atoms with E-state index in [-0.39, 0.29) is 4.47 Å². The van der Waals surface area contributed by atoms with Crippen LogP contribution in [0.4, 0.5) is 24.5 Å². The number of hydrogen-bond donors (Lipinski definition) is 1. The van der Waals surface area contributed by atoms with Gasteiger partial charge in [-0.15, -0.1) is 0 Å². The first-order chi connectivity index (χ1) is 9.11. The van der Waals surface area contributed by atoms with Crippen LogP contribution in [0.25, 0.3) is 0 Å². The van der Waals surface area contributed by atoms with E-state index in [2.05, 4.69) is 20.9 Å². The molecule has 0 aliphatic rings. The van der Waals surface area contributed by atoms with E-state index in [0.717, 1.165) is 12.4 Å². The minimum absolute atomic E-state index is 0.0998. The van der Waals surface area contributed by atoms with Crippen LogP contribution >= 0.6 is 15.9 Å². The van der Waals surface area contributed by atoms with Crippen LogP contribution in [0.2, 0.25) is 0 Å². The summed E-state index contributed by atoms with van der Waals surface area (Å²) in [5.74, 6) is -1.55. The van der Waals surface area contributed by atoms with Gasteiger partial charge in [-0.2, -0.15) is 13.2 Å². The molecule has 0 radical (unpaired) electrons. The van der Waals surface area contributed by atoms with E-state index >= 15 is 0 Å². The highest BCUT2D eigenvalue weighted by molar-refractivity contribution is 9.10. The summed E-state index contributed by atoms with van der Waals surface area (Å²) >= 11 is 2.84. The number of pyridine rings is 1. The molecule has 1 aromatic rings. The molecule has 0 spiro atoms. The van der Waals surface area contributed by atoms with E-state index in [1.54, 1.807) is 0 Å². The number of anilines is 1. The minimum atomic E-state index is -4.72. The van der Waals surface area contributed by atoms with E-state index in [1.165, 1.54) is 0 Å². The molecule has 11 heteroatoms. The summed E-state index contributed by atoms with van der Waals surface area (Å²) in [4.78, 5) is 24.4. The molecule has 20 heavy (non-hydrogen) atoms. The number of carbonyl (C=O) groups is 1. The standard InChI is InChI=1S/C9H7BrF3N3O4/c10-5-1-14-2-6(16(19)20)8(5)15(3-7(17)18)4-9(11,12)13/h1-2H,3-4H2,(H,17,18). The zero-order valence-corrected chi connectivity index (χ0v) is 11.2. The average molecular weight is 358 g/mol. The Bertz CT molecular complexity index is 538. The SMILES string of the molecule is O=C(O)CN(CC(F)(F)F)c1c(Br)cncc1[N+](=O)[O-]. The maximum Gasteiger partial charge on any atom is 0.405 e. The molecule has 1 N–H and O–H groups in total. The van der Waals surface area contributed by atoms with Gasteiger partial charge in [-0.3, -0.25) is 19.9 Å². The van der Waals surface area contributed by atoms with Crippen LogP contribution in [0.15, 0.2) is 16.9 Å². The van der Waals surface area contributed by atoms with Crippen molar-refractivity contribution in [2.75, 3.05) is 18.0 Å². The Morgan fingerprint density at radius 1 is 1.50 bits per heavy atom. The molecule has 1 heterocycles. The van der Waals surface area contributed by atoms with Gasteiger partial charge >= 0.3 is 17.8 Å². The summed E-state index contributed by atoms with van der Waals surface area (Å²) < 4.78 is 37.3. The fourth-order valence-corrected chi connectivity index (χ4v) is 2.03. The molecule has 1 rings (SSSR count). The monoisotopic (exact) mass is 357 g/mol. The van der Waals surface area contributed by atoms with E-state index in [9.17, 15) is 28.1 Å². The van der Waals surface area contributed by atoms with Gasteiger partial charge in [0.25, 0.3) is 0 Å². The largest absolute Gasteiger partial charge is 0.480 e. The number of hydrogen-bond acceptors (Lipinski definition) is 5. The Morgan fingerprint density at radius 3 is 2.55 bits per heavy atom. The maximum absolute atomic E-state index is 12.5. The first kappa shape index (κ1) is 16.1. The molecule has 0 fully saturated rings. The van der Waals surface area contributed by atoms with Crippen molar-refractivity contribution in [3.63, 3.8) is 0 Å². The molecule has 0 aliphatic carbocycles. The number of alkyl halides is 3. The molecule has 0 saturated carbocycles. The third-order valence-electron chi connectivity index (χ3n) is 2.06. The number of rotatable bonds is 5. The van der Waals surface area contributed by atoms with Gasteiger partial charge < -0.3 is 10.0 Å². The second-order valence-electron chi connectivity index (χ2n) is 3.61. The lowest BCUT2D eigenvalue weighted by atomic mass is 10.3. The zero-order chi connectivity index (χ0) is 15.5. The molecule has 0 bridgehead atoms. The summed E-state index contributed by atoms with van der Waals surface area (Å²) in [5.41, 5.74) is -1.20. The predicted octanol–water partition coefficient (Wildman–Crippen LogP) is 2.21. The Balaban J connectivity index is 3.32. The lowest BCUT2D eigenvalue weighted by Crippen LogP contribution is -2.38. The highest BCUT2D eigenvalue weighted by Crippen LogP contribution is 2.36. The molecule has 1 aromatic heterocycles. The summed E-state index contributed by atoms with van der Waals surface area (Å²) in [6, 6.07) is 0. The highest BCUT2D eigenvalue weighted by atomic mass is 79.9. The van der Waals surface area contributed by atoms with Gasteiger partial charge in [0.05, 0.1) is 9.40 Å². The lowest BCUT2D eigenvalue weighted by molar-refractivity contribution is -0.384. The molecule has 0 aliphatic heterocycles. The van der Waals surface area contributed by atoms with Crippen molar-refractivity contribution in [1.82, 2.24) is 4.98 Å². The summed E-state index contributed by atoms with van der Waals surface area (Å²) in [6.45, 7) is -2.67. The molecule has 0 amide bonds. The predicted molar refractivity (Wildman–Crippen MR) is 64.5 cm³/mol. The van der Waals surface area contributed by atoms with Crippen LogP contribution in [0.5, 0.6) is 0 Å². The molecule has 110 valence electrons. The van der Waals surface area contributed by atoms with Crippen LogP contribution in [0.1, 0.15) is 0 Å². The quantitative estimate of drug-likeness (QED) is 0.640. The number of nitrogens with zero attached hydrogens (tertiary/aromatic N) is 3. The second kappa shape index (κ2) is 6.03. The Hall–Kier alpha value is -1.91. The number of aromatic nitrogens is 1. The van der Waals surface area contributed by atoms with Crippen molar-refractivity contribution in [3.05, 3.63) is 27.0 Å². The first-order valence-corrected chi connectivity index (χ1v) is 5.72. The summed E-state index contributed by atoms with van der Waals surface area (Å²) in [6.07, 6.45) is -2.91. The van der Waals surface area contributed by atoms with Gasteiger partial charge in [-0.05, 0) is 15.9 Å². The van der Waals surface area contributed by atoms with Crippen molar-refractivity contribution >= 4 is 33.3 Å². The molecule has 0 saturated heterocycles.